The van der Waals surface area contributed by atoms with E-state index in [1.165, 1.54) is 12.1 Å². The summed E-state index contributed by atoms with van der Waals surface area (Å²) in [6.45, 7) is 1.24. The van der Waals surface area contributed by atoms with Gasteiger partial charge in [-0.3, -0.25) is 4.79 Å². The van der Waals surface area contributed by atoms with Gasteiger partial charge in [-0.15, -0.1) is 0 Å². The zero-order valence-corrected chi connectivity index (χ0v) is 12.9. The van der Waals surface area contributed by atoms with Crippen LogP contribution in [0.25, 0.3) is 0 Å². The lowest BCUT2D eigenvalue weighted by atomic mass is 9.93. The van der Waals surface area contributed by atoms with Gasteiger partial charge < -0.3 is 14.7 Å². The van der Waals surface area contributed by atoms with Crippen LogP contribution in [0.3, 0.4) is 0 Å². The van der Waals surface area contributed by atoms with Gasteiger partial charge in [-0.05, 0) is 18.9 Å². The van der Waals surface area contributed by atoms with E-state index in [0.29, 0.717) is 19.8 Å². The van der Waals surface area contributed by atoms with Crippen molar-refractivity contribution in [1.82, 2.24) is 4.90 Å². The first kappa shape index (κ1) is 16.3. The maximum Gasteiger partial charge on any atom is 0.227 e. The Morgan fingerprint density at radius 1 is 1.35 bits per heavy atom. The Hall–Kier alpha value is -1.53. The Balaban J connectivity index is 1.75. The van der Waals surface area contributed by atoms with Crippen molar-refractivity contribution in [2.45, 2.75) is 37.8 Å². The number of morpholine rings is 1. The monoisotopic (exact) mass is 325 g/mol. The Morgan fingerprint density at radius 2 is 2.17 bits per heavy atom. The molecule has 1 saturated carbocycles. The highest BCUT2D eigenvalue weighted by atomic mass is 19.2. The molecule has 1 aromatic carbocycles. The van der Waals surface area contributed by atoms with Gasteiger partial charge in [-0.25, -0.2) is 8.78 Å². The maximum absolute atomic E-state index is 13.8. The highest BCUT2D eigenvalue weighted by Crippen LogP contribution is 2.32. The summed E-state index contributed by atoms with van der Waals surface area (Å²) < 4.78 is 32.5. The van der Waals surface area contributed by atoms with Crippen molar-refractivity contribution in [2.75, 3.05) is 19.8 Å². The van der Waals surface area contributed by atoms with E-state index in [1.807, 2.05) is 0 Å². The molecule has 1 aromatic rings. The first-order valence-corrected chi connectivity index (χ1v) is 8.06. The van der Waals surface area contributed by atoms with Crippen LogP contribution in [0.15, 0.2) is 18.2 Å². The van der Waals surface area contributed by atoms with Crippen LogP contribution in [0.5, 0.6) is 0 Å². The average Bonchev–Trinajstić information content (AvgIpc) is 2.98. The lowest BCUT2D eigenvalue weighted by Crippen LogP contribution is -2.54. The molecule has 23 heavy (non-hydrogen) atoms. The predicted octanol–water partition coefficient (Wildman–Crippen LogP) is 1.90. The topological polar surface area (TPSA) is 49.8 Å². The van der Waals surface area contributed by atoms with E-state index in [0.717, 1.165) is 25.3 Å². The zero-order valence-electron chi connectivity index (χ0n) is 12.9. The molecule has 2 fully saturated rings. The van der Waals surface area contributed by atoms with Crippen molar-refractivity contribution in [1.29, 1.82) is 0 Å². The third-order valence-corrected chi connectivity index (χ3v) is 4.88. The van der Waals surface area contributed by atoms with E-state index in [2.05, 4.69) is 0 Å². The fourth-order valence-electron chi connectivity index (χ4n) is 3.65. The van der Waals surface area contributed by atoms with Crippen molar-refractivity contribution in [2.24, 2.45) is 5.92 Å². The van der Waals surface area contributed by atoms with Crippen LogP contribution in [0.2, 0.25) is 0 Å². The van der Waals surface area contributed by atoms with Gasteiger partial charge in [0.15, 0.2) is 11.6 Å². The number of halogens is 2. The number of rotatable bonds is 3. The minimum atomic E-state index is -0.966. The highest BCUT2D eigenvalue weighted by Gasteiger charge is 2.39. The highest BCUT2D eigenvalue weighted by molar-refractivity contribution is 5.79. The Morgan fingerprint density at radius 3 is 2.91 bits per heavy atom. The van der Waals surface area contributed by atoms with Crippen LogP contribution in [-0.2, 0) is 16.0 Å². The molecule has 1 aliphatic carbocycles. The van der Waals surface area contributed by atoms with Gasteiger partial charge in [0.05, 0.1) is 31.8 Å². The molecule has 126 valence electrons. The van der Waals surface area contributed by atoms with Crippen LogP contribution in [0.4, 0.5) is 8.78 Å². The van der Waals surface area contributed by atoms with Crippen LogP contribution in [-0.4, -0.2) is 47.8 Å². The molecule has 6 heteroatoms. The smallest absolute Gasteiger partial charge is 0.227 e. The number of ether oxygens (including phenoxy) is 1. The van der Waals surface area contributed by atoms with E-state index in [4.69, 9.17) is 4.74 Å². The summed E-state index contributed by atoms with van der Waals surface area (Å²) in [5.41, 5.74) is 0.0622. The van der Waals surface area contributed by atoms with Crippen LogP contribution in [0, 0.1) is 17.6 Å². The molecule has 0 aromatic heterocycles. The molecular formula is C17H21F2NO3. The molecule has 1 heterocycles. The summed E-state index contributed by atoms with van der Waals surface area (Å²) in [5.74, 6) is -2.16. The number of carbonyl (C=O) groups is 1. The van der Waals surface area contributed by atoms with Gasteiger partial charge in [-0.1, -0.05) is 18.6 Å². The molecule has 0 unspecified atom stereocenters. The molecule has 0 bridgehead atoms. The third kappa shape index (κ3) is 3.38. The molecule has 1 saturated heterocycles. The molecule has 0 radical (unpaired) electrons. The maximum atomic E-state index is 13.8. The fourth-order valence-corrected chi connectivity index (χ4v) is 3.65. The molecule has 1 N–H and O–H groups in total. The number of nitrogens with zero attached hydrogens (tertiary/aromatic N) is 1. The van der Waals surface area contributed by atoms with E-state index >= 15 is 0 Å². The molecule has 1 amide bonds. The van der Waals surface area contributed by atoms with Crippen molar-refractivity contribution >= 4 is 5.91 Å². The number of carbonyl (C=O) groups excluding carboxylic acids is 1. The standard InChI is InChI=1S/C17H21F2NO3/c18-13-5-1-3-11(17(13)19)9-16(22)20-7-8-23-10-14(20)12-4-2-6-15(12)21/h1,3,5,12,14-15,21H,2,4,6-10H2/t12-,14+,15-/m0/s1. The number of aliphatic hydroxyl groups excluding tert-OH is 1. The first-order valence-electron chi connectivity index (χ1n) is 8.06. The molecule has 0 spiro atoms. The van der Waals surface area contributed by atoms with Gasteiger partial charge in [0.1, 0.15) is 0 Å². The largest absolute Gasteiger partial charge is 0.393 e. The fraction of sp³-hybridized carbons (Fsp3) is 0.588. The average molecular weight is 325 g/mol. The summed E-state index contributed by atoms with van der Waals surface area (Å²) in [7, 11) is 0. The normalized spacial score (nSPS) is 28.1. The van der Waals surface area contributed by atoms with Crippen LogP contribution >= 0.6 is 0 Å². The summed E-state index contributed by atoms with van der Waals surface area (Å²) >= 11 is 0. The third-order valence-electron chi connectivity index (χ3n) is 4.88. The zero-order chi connectivity index (χ0) is 16.4. The minimum Gasteiger partial charge on any atom is -0.393 e. The predicted molar refractivity (Wildman–Crippen MR) is 79.7 cm³/mol. The van der Waals surface area contributed by atoms with Gasteiger partial charge in [0.2, 0.25) is 5.91 Å². The Labute approximate surface area is 134 Å². The second-order valence-corrected chi connectivity index (χ2v) is 6.28. The number of benzene rings is 1. The summed E-state index contributed by atoms with van der Waals surface area (Å²) in [5, 5.41) is 10.1. The minimum absolute atomic E-state index is 0.00314. The Kier molecular flexibility index (Phi) is 4.92. The summed E-state index contributed by atoms with van der Waals surface area (Å²) in [6.07, 6.45) is 1.92. The van der Waals surface area contributed by atoms with E-state index in [9.17, 15) is 18.7 Å². The SMILES string of the molecule is O=C(Cc1cccc(F)c1F)N1CCOC[C@@H]1[C@@H]1CCC[C@@H]1O. The van der Waals surface area contributed by atoms with Crippen molar-refractivity contribution in [3.05, 3.63) is 35.4 Å². The van der Waals surface area contributed by atoms with Gasteiger partial charge >= 0.3 is 0 Å². The van der Waals surface area contributed by atoms with Gasteiger partial charge in [-0.2, -0.15) is 0 Å². The van der Waals surface area contributed by atoms with Crippen LogP contribution in [0.1, 0.15) is 24.8 Å². The lowest BCUT2D eigenvalue weighted by molar-refractivity contribution is -0.143. The molecule has 3 atom stereocenters. The molecule has 3 rings (SSSR count). The van der Waals surface area contributed by atoms with Crippen molar-refractivity contribution in [3.63, 3.8) is 0 Å². The second kappa shape index (κ2) is 6.93. The van der Waals surface area contributed by atoms with Gasteiger partial charge in [0.25, 0.3) is 0 Å². The van der Waals surface area contributed by atoms with E-state index in [-0.39, 0.29) is 29.9 Å². The van der Waals surface area contributed by atoms with Crippen molar-refractivity contribution in [3.8, 4) is 0 Å². The second-order valence-electron chi connectivity index (χ2n) is 6.28. The van der Waals surface area contributed by atoms with E-state index < -0.39 is 17.7 Å². The first-order chi connectivity index (χ1) is 11.1. The molecular weight excluding hydrogens is 304 g/mol. The summed E-state index contributed by atoms with van der Waals surface area (Å²) in [4.78, 5) is 14.3. The van der Waals surface area contributed by atoms with Crippen molar-refractivity contribution < 1.29 is 23.4 Å². The number of amides is 1. The number of hydrogen-bond acceptors (Lipinski definition) is 3. The summed E-state index contributed by atoms with van der Waals surface area (Å²) in [6, 6.07) is 3.68. The van der Waals surface area contributed by atoms with Gasteiger partial charge in [0, 0.05) is 18.0 Å². The van der Waals surface area contributed by atoms with E-state index in [1.54, 1.807) is 4.90 Å². The van der Waals surface area contributed by atoms with Crippen LogP contribution < -0.4 is 0 Å². The molecule has 2 aliphatic rings. The lowest BCUT2D eigenvalue weighted by Gasteiger charge is -2.40. The molecule has 4 nitrogen and oxygen atoms in total. The number of aliphatic hydroxyl groups is 1. The molecule has 1 aliphatic heterocycles. The number of hydrogen-bond donors (Lipinski definition) is 1. The Bertz CT molecular complexity index is 581. The quantitative estimate of drug-likeness (QED) is 0.923.